The first kappa shape index (κ1) is 34.4. The second-order valence-corrected chi connectivity index (χ2v) is 10.1. The van der Waals surface area contributed by atoms with E-state index < -0.39 is 0 Å². The van der Waals surface area contributed by atoms with E-state index in [1.165, 1.54) is 22.4 Å². The van der Waals surface area contributed by atoms with Gasteiger partial charge in [-0.1, -0.05) is 47.9 Å². The minimum atomic E-state index is 0.866. The topological polar surface area (TPSA) is 39.7 Å². The predicted molar refractivity (Wildman–Crippen MR) is 172 cm³/mol. The van der Waals surface area contributed by atoms with Crippen molar-refractivity contribution < 1.29 is 0 Å². The van der Waals surface area contributed by atoms with Gasteiger partial charge >= 0.3 is 0 Å². The molecular weight excluding hydrogens is 540 g/mol. The lowest BCUT2D eigenvalue weighted by Crippen LogP contribution is -2.31. The maximum atomic E-state index is 4.33. The van der Waals surface area contributed by atoms with Gasteiger partial charge in [-0.15, -0.1) is 17.3 Å². The Kier molecular flexibility index (Phi) is 21.0. The van der Waals surface area contributed by atoms with E-state index >= 15 is 0 Å². The molecule has 0 aliphatic carbocycles. The van der Waals surface area contributed by atoms with Crippen LogP contribution in [0.1, 0.15) is 58.8 Å². The van der Waals surface area contributed by atoms with Crippen molar-refractivity contribution in [3.05, 3.63) is 86.6 Å². The molecule has 0 radical (unpaired) electrons. The molecule has 0 saturated heterocycles. The van der Waals surface area contributed by atoms with Crippen LogP contribution in [0.25, 0.3) is 6.08 Å². The van der Waals surface area contributed by atoms with Crippen LogP contribution in [-0.4, -0.2) is 38.3 Å². The van der Waals surface area contributed by atoms with Crippen LogP contribution in [0.15, 0.2) is 86.7 Å². The number of halogens is 1. The fourth-order valence-electron chi connectivity index (χ4n) is 2.76. The molecule has 6 heteroatoms. The summed E-state index contributed by atoms with van der Waals surface area (Å²) >= 11 is 5.21. The summed E-state index contributed by atoms with van der Waals surface area (Å²) in [5.74, 6) is 7.63. The highest BCUT2D eigenvalue weighted by molar-refractivity contribution is 9.11. The van der Waals surface area contributed by atoms with Crippen LogP contribution in [0.2, 0.25) is 0 Å². The molecule has 1 aliphatic heterocycles. The Morgan fingerprint density at radius 3 is 2.54 bits per heavy atom. The van der Waals surface area contributed by atoms with Gasteiger partial charge in [0, 0.05) is 24.7 Å². The molecule has 0 atom stereocenters. The molecule has 0 saturated carbocycles. The highest BCUT2D eigenvalue weighted by Gasteiger charge is 2.13. The van der Waals surface area contributed by atoms with Gasteiger partial charge < -0.3 is 15.5 Å². The summed E-state index contributed by atoms with van der Waals surface area (Å²) in [7, 11) is 3.97. The summed E-state index contributed by atoms with van der Waals surface area (Å²) in [6, 6.07) is 4.16. The quantitative estimate of drug-likeness (QED) is 0.165. The first-order chi connectivity index (χ1) is 17.8. The van der Waals surface area contributed by atoms with E-state index in [2.05, 4.69) is 100 Å². The maximum Gasteiger partial charge on any atom is 0.148 e. The third kappa shape index (κ3) is 16.7. The lowest BCUT2D eigenvalue weighted by molar-refractivity contribution is 0.454. The Hall–Kier alpha value is -2.59. The molecule has 202 valence electrons. The van der Waals surface area contributed by atoms with Crippen molar-refractivity contribution in [3.8, 4) is 11.8 Å². The molecular formula is C31H45BrN4S. The Bertz CT molecular complexity index is 1010. The van der Waals surface area contributed by atoms with E-state index in [1.54, 1.807) is 23.6 Å². The molecule has 37 heavy (non-hydrogen) atoms. The van der Waals surface area contributed by atoms with Gasteiger partial charge in [-0.25, -0.2) is 4.99 Å². The van der Waals surface area contributed by atoms with Gasteiger partial charge in [0.05, 0.1) is 4.48 Å². The van der Waals surface area contributed by atoms with Crippen LogP contribution in [0, 0.1) is 11.8 Å². The second-order valence-electron chi connectivity index (χ2n) is 8.30. The molecule has 4 nitrogen and oxygen atoms in total. The highest BCUT2D eigenvalue weighted by Crippen LogP contribution is 2.21. The lowest BCUT2D eigenvalue weighted by Gasteiger charge is -2.26. The molecule has 0 aromatic carbocycles. The van der Waals surface area contributed by atoms with Crippen LogP contribution in [0.5, 0.6) is 0 Å². The van der Waals surface area contributed by atoms with Gasteiger partial charge in [0.15, 0.2) is 0 Å². The average Bonchev–Trinajstić information content (AvgIpc) is 3.41. The largest absolute Gasteiger partial charge is 0.371 e. The zero-order valence-electron chi connectivity index (χ0n) is 23.7. The van der Waals surface area contributed by atoms with Crippen molar-refractivity contribution in [2.75, 3.05) is 27.2 Å². The van der Waals surface area contributed by atoms with Crippen molar-refractivity contribution in [2.45, 2.75) is 53.9 Å². The van der Waals surface area contributed by atoms with Crippen molar-refractivity contribution in [1.29, 1.82) is 0 Å². The van der Waals surface area contributed by atoms with Crippen LogP contribution in [-0.2, 0) is 0 Å². The highest BCUT2D eigenvalue weighted by atomic mass is 79.9. The van der Waals surface area contributed by atoms with E-state index in [0.717, 1.165) is 42.1 Å². The second kappa shape index (κ2) is 22.6. The normalized spacial score (nSPS) is 13.5. The minimum absolute atomic E-state index is 0.866. The van der Waals surface area contributed by atoms with Gasteiger partial charge in [-0.05, 0) is 113 Å². The smallest absolute Gasteiger partial charge is 0.148 e. The Labute approximate surface area is 238 Å². The number of unbranched alkanes of at least 4 members (excludes halogenated alkanes) is 1. The van der Waals surface area contributed by atoms with Crippen LogP contribution >= 0.6 is 27.3 Å². The van der Waals surface area contributed by atoms with Crippen molar-refractivity contribution in [3.63, 3.8) is 0 Å². The van der Waals surface area contributed by atoms with Crippen LogP contribution in [0.3, 0.4) is 0 Å². The molecule has 1 aliphatic rings. The SMILES string of the molecule is C/C=C/c1cccs1.C=C/C(Br)=C1/N=CC=C(NCCCCNC)N1C.CC#C/C=C\CC(C)=C(C)C. The number of hydrogen-bond acceptors (Lipinski definition) is 5. The Balaban J connectivity index is 0.000000579. The molecule has 2 N–H and O–H groups in total. The number of nitrogens with zero attached hydrogens (tertiary/aromatic N) is 2. The number of rotatable bonds is 10. The van der Waals surface area contributed by atoms with Crippen molar-refractivity contribution in [1.82, 2.24) is 15.5 Å². The number of thiophene rings is 1. The van der Waals surface area contributed by atoms with E-state index in [9.17, 15) is 0 Å². The third-order valence-corrected chi connectivity index (χ3v) is 6.67. The predicted octanol–water partition coefficient (Wildman–Crippen LogP) is 8.28. The molecule has 0 bridgehead atoms. The Morgan fingerprint density at radius 1 is 1.24 bits per heavy atom. The lowest BCUT2D eigenvalue weighted by atomic mass is 10.1. The van der Waals surface area contributed by atoms with E-state index in [4.69, 9.17) is 0 Å². The minimum Gasteiger partial charge on any atom is -0.371 e. The molecule has 2 rings (SSSR count). The van der Waals surface area contributed by atoms with Crippen molar-refractivity contribution >= 4 is 39.6 Å². The third-order valence-electron chi connectivity index (χ3n) is 5.16. The molecule has 0 fully saturated rings. The number of aliphatic imine (C=N–C) groups is 1. The van der Waals surface area contributed by atoms with Crippen molar-refractivity contribution in [2.24, 2.45) is 4.99 Å². The summed E-state index contributed by atoms with van der Waals surface area (Å²) in [6.45, 7) is 16.1. The summed E-state index contributed by atoms with van der Waals surface area (Å²) in [5.41, 5.74) is 2.83. The average molecular weight is 586 g/mol. The van der Waals surface area contributed by atoms with Gasteiger partial charge in [-0.2, -0.15) is 0 Å². The molecule has 0 unspecified atom stereocenters. The first-order valence-electron chi connectivity index (χ1n) is 12.6. The zero-order chi connectivity index (χ0) is 27.9. The van der Waals surface area contributed by atoms with Gasteiger partial charge in [-0.3, -0.25) is 0 Å². The van der Waals surface area contributed by atoms with Crippen LogP contribution < -0.4 is 10.6 Å². The molecule has 0 amide bonds. The Morgan fingerprint density at radius 2 is 1.97 bits per heavy atom. The molecule has 0 spiro atoms. The van der Waals surface area contributed by atoms with Gasteiger partial charge in [0.1, 0.15) is 11.6 Å². The fraction of sp³-hybridized carbons (Fsp3) is 0.387. The summed E-state index contributed by atoms with van der Waals surface area (Å²) in [4.78, 5) is 7.67. The van der Waals surface area contributed by atoms with Gasteiger partial charge in [0.25, 0.3) is 0 Å². The van der Waals surface area contributed by atoms with E-state index in [0.29, 0.717) is 0 Å². The standard InChI is InChI=1S/C13H21BrN4.C11H16.C7H8S/c1-4-11(14)13-17-10-7-12(18(13)3)16-9-6-5-8-15-2;1-5-6-7-8-9-11(4)10(2)3;1-2-4-7-5-3-6-8-7/h4,7,10,15-16H,1,5-6,8-9H2,2-3H3;7-8H,9H2,1-4H3;2-6H,1H3/b13-11+;8-7-;4-2+. The fourth-order valence-corrected chi connectivity index (χ4v) is 3.81. The number of nitrogens with one attached hydrogen (secondary N) is 2. The monoisotopic (exact) mass is 584 g/mol. The van der Waals surface area contributed by atoms with Gasteiger partial charge in [0.2, 0.25) is 0 Å². The van der Waals surface area contributed by atoms with E-state index in [1.807, 2.05) is 51.1 Å². The maximum absolute atomic E-state index is 4.33. The summed E-state index contributed by atoms with van der Waals surface area (Å²) in [6.07, 6.45) is 17.0. The summed E-state index contributed by atoms with van der Waals surface area (Å²) < 4.78 is 0.892. The zero-order valence-corrected chi connectivity index (χ0v) is 26.1. The summed E-state index contributed by atoms with van der Waals surface area (Å²) in [5, 5.41) is 8.64. The van der Waals surface area contributed by atoms with E-state index in [-0.39, 0.29) is 0 Å². The first-order valence-corrected chi connectivity index (χ1v) is 14.2. The number of allylic oxidation sites excluding steroid dienone is 8. The van der Waals surface area contributed by atoms with Crippen LogP contribution in [0.4, 0.5) is 0 Å². The number of hydrogen-bond donors (Lipinski definition) is 2. The molecule has 1 aromatic heterocycles. The molecule has 1 aromatic rings. The molecule has 2 heterocycles.